The second kappa shape index (κ2) is 8.12. The number of carbonyl (C=O) groups excluding carboxylic acids is 2. The number of nitrogens with one attached hydrogen (secondary N) is 1. The van der Waals surface area contributed by atoms with Crippen LogP contribution in [0.15, 0.2) is 42.6 Å². The van der Waals surface area contributed by atoms with Crippen molar-refractivity contribution < 1.29 is 9.59 Å². The number of hydrogen-bond acceptors (Lipinski definition) is 4. The van der Waals surface area contributed by atoms with E-state index in [1.165, 1.54) is 0 Å². The van der Waals surface area contributed by atoms with E-state index in [0.717, 1.165) is 28.7 Å². The molecule has 4 rings (SSSR count). The Morgan fingerprint density at radius 1 is 1.28 bits per heavy atom. The van der Waals surface area contributed by atoms with Crippen LogP contribution in [0.1, 0.15) is 43.7 Å². The van der Waals surface area contributed by atoms with E-state index >= 15 is 0 Å². The van der Waals surface area contributed by atoms with Crippen molar-refractivity contribution in [3.8, 4) is 17.2 Å². The Labute approximate surface area is 187 Å². The second-order valence-corrected chi connectivity index (χ2v) is 9.12. The molecule has 3 aromatic rings. The maximum absolute atomic E-state index is 13.3. The number of pyridine rings is 1. The molecule has 1 N–H and O–H groups in total. The van der Waals surface area contributed by atoms with Crippen LogP contribution < -0.4 is 5.32 Å². The lowest BCUT2D eigenvalue weighted by atomic mass is 9.98. The molecule has 0 saturated carbocycles. The van der Waals surface area contributed by atoms with Gasteiger partial charge in [0.2, 0.25) is 5.91 Å². The molecule has 7 nitrogen and oxygen atoms in total. The number of amides is 2. The van der Waals surface area contributed by atoms with Crippen molar-refractivity contribution in [3.05, 3.63) is 53.9 Å². The lowest BCUT2D eigenvalue weighted by Gasteiger charge is -2.40. The summed E-state index contributed by atoms with van der Waals surface area (Å²) in [5.74, 6) is -0.0344. The fraction of sp³-hybridized carbons (Fsp3) is 0.360. The van der Waals surface area contributed by atoms with Gasteiger partial charge in [-0.05, 0) is 49.6 Å². The zero-order valence-corrected chi connectivity index (χ0v) is 18.8. The van der Waals surface area contributed by atoms with Crippen LogP contribution in [0.25, 0.3) is 22.2 Å². The van der Waals surface area contributed by atoms with E-state index in [0.29, 0.717) is 30.3 Å². The molecule has 0 unspecified atom stereocenters. The molecule has 32 heavy (non-hydrogen) atoms. The Morgan fingerprint density at radius 2 is 2.06 bits per heavy atom. The van der Waals surface area contributed by atoms with Gasteiger partial charge >= 0.3 is 0 Å². The molecule has 0 aliphatic carbocycles. The van der Waals surface area contributed by atoms with Crippen molar-refractivity contribution in [2.75, 3.05) is 13.1 Å². The first kappa shape index (κ1) is 21.6. The third-order valence-electron chi connectivity index (χ3n) is 5.90. The highest BCUT2D eigenvalue weighted by Crippen LogP contribution is 2.32. The highest BCUT2D eigenvalue weighted by Gasteiger charge is 2.41. The molecule has 1 saturated heterocycles. The van der Waals surface area contributed by atoms with E-state index in [1.54, 1.807) is 30.9 Å². The lowest BCUT2D eigenvalue weighted by molar-refractivity contribution is -0.133. The lowest BCUT2D eigenvalue weighted by Crippen LogP contribution is -2.63. The number of nitriles is 1. The number of rotatable bonds is 4. The molecule has 3 heterocycles. The SMILES string of the molecule is CC(C)Cn1cc(-c2cccc(C#N)c2)c2ccc(C(=O)N3CCNC(=O)C3(C)C)nc21. The van der Waals surface area contributed by atoms with E-state index in [2.05, 4.69) is 29.8 Å². The van der Waals surface area contributed by atoms with Crippen LogP contribution >= 0.6 is 0 Å². The van der Waals surface area contributed by atoms with Crippen molar-refractivity contribution in [2.45, 2.75) is 39.8 Å². The normalized spacial score (nSPS) is 15.6. The predicted molar refractivity (Wildman–Crippen MR) is 123 cm³/mol. The molecule has 0 spiro atoms. The van der Waals surface area contributed by atoms with Gasteiger partial charge in [0, 0.05) is 36.8 Å². The first-order valence-corrected chi connectivity index (χ1v) is 10.8. The van der Waals surface area contributed by atoms with Crippen molar-refractivity contribution >= 4 is 22.8 Å². The molecule has 0 radical (unpaired) electrons. The Balaban J connectivity index is 1.82. The molecule has 164 valence electrons. The molecule has 2 amide bonds. The number of carbonyl (C=O) groups is 2. The van der Waals surface area contributed by atoms with E-state index in [1.807, 2.05) is 30.5 Å². The first-order valence-electron chi connectivity index (χ1n) is 10.8. The molecule has 0 atom stereocenters. The third-order valence-corrected chi connectivity index (χ3v) is 5.90. The Hall–Kier alpha value is -3.66. The molecule has 0 bridgehead atoms. The van der Waals surface area contributed by atoms with Crippen molar-refractivity contribution in [1.29, 1.82) is 5.26 Å². The summed E-state index contributed by atoms with van der Waals surface area (Å²) in [6, 6.07) is 13.3. The number of benzene rings is 1. The van der Waals surface area contributed by atoms with Crippen molar-refractivity contribution in [2.24, 2.45) is 5.92 Å². The summed E-state index contributed by atoms with van der Waals surface area (Å²) in [5, 5.41) is 13.0. The minimum Gasteiger partial charge on any atom is -0.352 e. The zero-order valence-electron chi connectivity index (χ0n) is 18.8. The Bertz CT molecular complexity index is 1250. The van der Waals surface area contributed by atoms with Gasteiger partial charge < -0.3 is 14.8 Å². The molecule has 1 aliphatic rings. The second-order valence-electron chi connectivity index (χ2n) is 9.12. The number of piperazine rings is 1. The summed E-state index contributed by atoms with van der Waals surface area (Å²) in [7, 11) is 0. The molecule has 1 aliphatic heterocycles. The number of hydrogen-bond donors (Lipinski definition) is 1. The summed E-state index contributed by atoms with van der Waals surface area (Å²) < 4.78 is 2.07. The largest absolute Gasteiger partial charge is 0.352 e. The van der Waals surface area contributed by atoms with E-state index < -0.39 is 5.54 Å². The molecular formula is C25H27N5O2. The van der Waals surface area contributed by atoms with Crippen LogP contribution in [0.4, 0.5) is 0 Å². The molecular weight excluding hydrogens is 402 g/mol. The highest BCUT2D eigenvalue weighted by atomic mass is 16.2. The monoisotopic (exact) mass is 429 g/mol. The van der Waals surface area contributed by atoms with E-state index in [4.69, 9.17) is 4.98 Å². The van der Waals surface area contributed by atoms with Gasteiger partial charge in [0.1, 0.15) is 16.9 Å². The number of aromatic nitrogens is 2. The van der Waals surface area contributed by atoms with Gasteiger partial charge in [-0.3, -0.25) is 9.59 Å². The quantitative estimate of drug-likeness (QED) is 0.686. The van der Waals surface area contributed by atoms with Gasteiger partial charge in [-0.15, -0.1) is 0 Å². The number of fused-ring (bicyclic) bond motifs is 1. The predicted octanol–water partition coefficient (Wildman–Crippen LogP) is 3.58. The van der Waals surface area contributed by atoms with Gasteiger partial charge in [-0.1, -0.05) is 26.0 Å². The van der Waals surface area contributed by atoms with E-state index in [-0.39, 0.29) is 11.8 Å². The van der Waals surface area contributed by atoms with Crippen LogP contribution in [0.3, 0.4) is 0 Å². The standard InChI is InChI=1S/C25H27N5O2/c1-16(2)14-29-15-20(18-7-5-6-17(12-18)13-26)19-8-9-21(28-22(19)29)23(31)30-11-10-27-24(32)25(30,3)4/h5-9,12,15-16H,10-11,14H2,1-4H3,(H,27,32). The van der Waals surface area contributed by atoms with Crippen LogP contribution in [-0.4, -0.2) is 44.9 Å². The van der Waals surface area contributed by atoms with Gasteiger partial charge in [-0.25, -0.2) is 4.98 Å². The Morgan fingerprint density at radius 3 is 2.78 bits per heavy atom. The topological polar surface area (TPSA) is 91.0 Å². The minimum absolute atomic E-state index is 0.166. The summed E-state index contributed by atoms with van der Waals surface area (Å²) in [5.41, 5.74) is 2.61. The Kier molecular flexibility index (Phi) is 5.47. The minimum atomic E-state index is -0.936. The van der Waals surface area contributed by atoms with Crippen molar-refractivity contribution in [3.63, 3.8) is 0 Å². The summed E-state index contributed by atoms with van der Waals surface area (Å²) in [6.07, 6.45) is 2.04. The molecule has 1 fully saturated rings. The zero-order chi connectivity index (χ0) is 23.0. The summed E-state index contributed by atoms with van der Waals surface area (Å²) in [4.78, 5) is 32.0. The van der Waals surface area contributed by atoms with E-state index in [9.17, 15) is 14.9 Å². The van der Waals surface area contributed by atoms with Gasteiger partial charge in [-0.2, -0.15) is 5.26 Å². The summed E-state index contributed by atoms with van der Waals surface area (Å²) >= 11 is 0. The molecule has 2 aromatic heterocycles. The van der Waals surface area contributed by atoms with Crippen LogP contribution in [0, 0.1) is 17.2 Å². The summed E-state index contributed by atoms with van der Waals surface area (Å²) in [6.45, 7) is 9.38. The third kappa shape index (κ3) is 3.73. The average molecular weight is 430 g/mol. The van der Waals surface area contributed by atoms with Gasteiger partial charge in [0.25, 0.3) is 5.91 Å². The molecule has 7 heteroatoms. The highest BCUT2D eigenvalue weighted by molar-refractivity contribution is 6.01. The fourth-order valence-electron chi connectivity index (χ4n) is 4.20. The number of nitrogens with zero attached hydrogens (tertiary/aromatic N) is 4. The van der Waals surface area contributed by atoms with Crippen LogP contribution in [-0.2, 0) is 11.3 Å². The van der Waals surface area contributed by atoms with Crippen molar-refractivity contribution in [1.82, 2.24) is 19.8 Å². The maximum atomic E-state index is 13.3. The van der Waals surface area contributed by atoms with Gasteiger partial charge in [0.15, 0.2) is 0 Å². The first-order chi connectivity index (χ1) is 15.2. The average Bonchev–Trinajstić information content (AvgIpc) is 3.12. The van der Waals surface area contributed by atoms with Crippen LogP contribution in [0.5, 0.6) is 0 Å². The molecule has 1 aromatic carbocycles. The maximum Gasteiger partial charge on any atom is 0.273 e. The van der Waals surface area contributed by atoms with Gasteiger partial charge in [0.05, 0.1) is 11.6 Å². The fourth-order valence-corrected chi connectivity index (χ4v) is 4.20. The smallest absolute Gasteiger partial charge is 0.273 e. The van der Waals surface area contributed by atoms with Crippen LogP contribution in [0.2, 0.25) is 0 Å².